The summed E-state index contributed by atoms with van der Waals surface area (Å²) in [6.07, 6.45) is 16.5. The lowest BCUT2D eigenvalue weighted by Crippen LogP contribution is -2.52. The highest BCUT2D eigenvalue weighted by molar-refractivity contribution is 5.92. The summed E-state index contributed by atoms with van der Waals surface area (Å²) in [6.45, 7) is 1.45. The predicted molar refractivity (Wildman–Crippen MR) is 272 cm³/mol. The van der Waals surface area contributed by atoms with E-state index in [-0.39, 0.29) is 109 Å². The Hall–Kier alpha value is -5.83. The van der Waals surface area contributed by atoms with Crippen molar-refractivity contribution in [1.82, 2.24) is 47.9 Å². The molecule has 0 spiro atoms. The summed E-state index contributed by atoms with van der Waals surface area (Å²) in [7, 11) is 0. The molecule has 2 atom stereocenters. The molecule has 11 N–H and O–H groups in total. The van der Waals surface area contributed by atoms with Gasteiger partial charge in [0, 0.05) is 38.9 Å². The number of carboxylic acids is 1. The number of aliphatic hydroxyl groups is 1. The highest BCUT2D eigenvalue weighted by atomic mass is 16.5. The molecular weight excluding hydrogens is 987 g/mol. The molecule has 0 rings (SSSR count). The Bertz CT molecular complexity index is 1690. The third kappa shape index (κ3) is 45.3. The maximum absolute atomic E-state index is 12.4. The molecule has 430 valence electrons. The number of carbonyl (C=O) groups is 11. The topological polar surface area (TPSA) is 373 Å². The van der Waals surface area contributed by atoms with Crippen LogP contribution in [0.4, 0.5) is 0 Å². The quantitative estimate of drug-likeness (QED) is 0.0310. The number of hydrogen-bond acceptors (Lipinski definition) is 16. The highest BCUT2D eigenvalue weighted by Crippen LogP contribution is 2.14. The van der Waals surface area contributed by atoms with Crippen molar-refractivity contribution in [3.63, 3.8) is 0 Å². The van der Waals surface area contributed by atoms with Crippen molar-refractivity contribution in [2.24, 2.45) is 0 Å². The lowest BCUT2D eigenvalue weighted by molar-refractivity contribution is -0.142. The van der Waals surface area contributed by atoms with Crippen LogP contribution in [0.3, 0.4) is 0 Å². The molecule has 0 radical (unpaired) electrons. The lowest BCUT2D eigenvalue weighted by atomic mass is 10.0. The van der Waals surface area contributed by atoms with E-state index in [1.165, 1.54) is 51.4 Å². The Morgan fingerprint density at radius 1 is 0.400 bits per heavy atom. The number of hydrogen-bond donors (Lipinski definition) is 11. The molecule has 26 heteroatoms. The Kier molecular flexibility index (Phi) is 44.1. The number of aliphatic carboxylic acids is 1. The summed E-state index contributed by atoms with van der Waals surface area (Å²) in [5.41, 5.74) is 0. The van der Waals surface area contributed by atoms with Crippen molar-refractivity contribution in [3.8, 4) is 0 Å². The van der Waals surface area contributed by atoms with Gasteiger partial charge in [0.15, 0.2) is 0 Å². The minimum atomic E-state index is -1.20. The number of likely N-dealkylation sites (N-methyl/N-ethyl adjacent to an activating group) is 1. The van der Waals surface area contributed by atoms with Crippen molar-refractivity contribution in [3.05, 3.63) is 0 Å². The molecule has 75 heavy (non-hydrogen) atoms. The second kappa shape index (κ2) is 47.9. The number of amides is 9. The van der Waals surface area contributed by atoms with Gasteiger partial charge in [0.2, 0.25) is 53.2 Å². The number of ketones is 1. The summed E-state index contributed by atoms with van der Waals surface area (Å²) < 4.78 is 21.2. The largest absolute Gasteiger partial charge is 0.480 e. The van der Waals surface area contributed by atoms with Gasteiger partial charge in [0.1, 0.15) is 31.1 Å². The average molecular weight is 1070 g/mol. The molecule has 0 bridgehead atoms. The van der Waals surface area contributed by atoms with E-state index in [4.69, 9.17) is 18.9 Å². The molecule has 9 amide bonds. The van der Waals surface area contributed by atoms with Crippen LogP contribution < -0.4 is 47.9 Å². The molecule has 0 aromatic carbocycles. The first-order valence-electron chi connectivity index (χ1n) is 26.2. The molecule has 0 heterocycles. The Morgan fingerprint density at radius 2 is 0.787 bits per heavy atom. The number of aliphatic hydroxyl groups excluding tert-OH is 1. The van der Waals surface area contributed by atoms with Crippen LogP contribution in [0.5, 0.6) is 0 Å². The van der Waals surface area contributed by atoms with Crippen LogP contribution in [0.2, 0.25) is 0 Å². The van der Waals surface area contributed by atoms with E-state index < -0.39 is 86.3 Å². The van der Waals surface area contributed by atoms with Gasteiger partial charge in [-0.05, 0) is 33.1 Å². The predicted octanol–water partition coefficient (Wildman–Crippen LogP) is -1.46. The number of nitrogens with one attached hydrogen (secondary N) is 9. The van der Waals surface area contributed by atoms with Gasteiger partial charge in [0.25, 0.3) is 0 Å². The van der Waals surface area contributed by atoms with Gasteiger partial charge in [-0.3, -0.25) is 43.2 Å². The highest BCUT2D eigenvalue weighted by Gasteiger charge is 2.22. The van der Waals surface area contributed by atoms with Gasteiger partial charge >= 0.3 is 5.97 Å². The van der Waals surface area contributed by atoms with Crippen LogP contribution in [0.1, 0.15) is 129 Å². The molecule has 0 aliphatic rings. The smallest absolute Gasteiger partial charge is 0.326 e. The average Bonchev–Trinajstić information content (AvgIpc) is 3.37. The Morgan fingerprint density at radius 3 is 1.23 bits per heavy atom. The SMILES string of the molecule is CCNC(=O)[C@H](CO)NC(=O)CNC(=O)CNC(=O)CNC(=O)CNC(=O)COCCOCCNC(=O)COCCOCCNC(=O)CC[C@H](NC(=O)CCCCCCCCCCCCCCCCC(C)=O)C(=O)O. The summed E-state index contributed by atoms with van der Waals surface area (Å²) in [5.74, 6) is -6.13. The standard InChI is InChI=1S/C49H87N9O17/c1-3-50-48(69)39(34-59)58-45(66)33-55-43(64)31-53-42(63)30-54-44(65)32-56-47(68)36-75-29-27-73-25-23-52-46(67)35-74-28-26-72-24-22-51-40(61)21-20-38(49(70)71)57-41(62)19-17-15-13-11-9-7-5-4-6-8-10-12-14-16-18-37(2)60/h38-39,59H,3-36H2,1-2H3,(H,50,69)(H,51,61)(H,52,67)(H,53,63)(H,54,65)(H,55,64)(H,56,68)(H,57,62)(H,58,66)(H,70,71)/t38-,39-/m0/s1. The Balaban J connectivity index is 3.76. The van der Waals surface area contributed by atoms with Gasteiger partial charge in [-0.1, -0.05) is 77.0 Å². The summed E-state index contributed by atoms with van der Waals surface area (Å²) >= 11 is 0. The molecule has 0 saturated carbocycles. The van der Waals surface area contributed by atoms with Crippen molar-refractivity contribution in [2.45, 2.75) is 142 Å². The third-order valence-corrected chi connectivity index (χ3v) is 10.8. The van der Waals surface area contributed by atoms with Crippen molar-refractivity contribution in [2.75, 3.05) is 105 Å². The van der Waals surface area contributed by atoms with Gasteiger partial charge < -0.3 is 81.8 Å². The monoisotopic (exact) mass is 1070 g/mol. The van der Waals surface area contributed by atoms with E-state index in [1.807, 2.05) is 0 Å². The summed E-state index contributed by atoms with van der Waals surface area (Å²) in [4.78, 5) is 131. The van der Waals surface area contributed by atoms with E-state index in [9.17, 15) is 63.0 Å². The molecule has 0 saturated heterocycles. The van der Waals surface area contributed by atoms with Crippen LogP contribution in [-0.2, 0) is 71.7 Å². The van der Waals surface area contributed by atoms with Crippen molar-refractivity contribution in [1.29, 1.82) is 0 Å². The van der Waals surface area contributed by atoms with Crippen molar-refractivity contribution >= 4 is 64.9 Å². The number of ether oxygens (including phenoxy) is 4. The number of Topliss-reactive ketones (excluding diaryl/α,β-unsaturated/α-hetero) is 1. The summed E-state index contributed by atoms with van der Waals surface area (Å²) in [5, 5.41) is 40.2. The molecule has 0 aliphatic carbocycles. The van der Waals surface area contributed by atoms with Crippen LogP contribution in [0.25, 0.3) is 0 Å². The zero-order chi connectivity index (χ0) is 55.7. The van der Waals surface area contributed by atoms with E-state index in [1.54, 1.807) is 13.8 Å². The molecule has 0 unspecified atom stereocenters. The maximum atomic E-state index is 12.4. The van der Waals surface area contributed by atoms with Crippen LogP contribution in [-0.4, -0.2) is 192 Å². The van der Waals surface area contributed by atoms with E-state index in [0.717, 1.165) is 32.1 Å². The van der Waals surface area contributed by atoms with E-state index >= 15 is 0 Å². The fraction of sp³-hybridized carbons (Fsp3) is 0.776. The fourth-order valence-electron chi connectivity index (χ4n) is 6.71. The normalized spacial score (nSPS) is 11.6. The number of rotatable bonds is 50. The molecule has 26 nitrogen and oxygen atoms in total. The lowest BCUT2D eigenvalue weighted by Gasteiger charge is -2.15. The van der Waals surface area contributed by atoms with E-state index in [2.05, 4.69) is 47.9 Å². The fourth-order valence-corrected chi connectivity index (χ4v) is 6.71. The molecule has 0 aliphatic heterocycles. The van der Waals surface area contributed by atoms with Crippen LogP contribution >= 0.6 is 0 Å². The zero-order valence-corrected chi connectivity index (χ0v) is 44.2. The molecule has 0 aromatic heterocycles. The second-order valence-electron chi connectivity index (χ2n) is 17.5. The van der Waals surface area contributed by atoms with Crippen LogP contribution in [0, 0.1) is 0 Å². The summed E-state index contributed by atoms with van der Waals surface area (Å²) in [6, 6.07) is -2.35. The zero-order valence-electron chi connectivity index (χ0n) is 44.2. The van der Waals surface area contributed by atoms with Gasteiger partial charge in [0.05, 0.1) is 72.4 Å². The third-order valence-electron chi connectivity index (χ3n) is 10.8. The number of unbranched alkanes of at least 4 members (excludes halogenated alkanes) is 13. The minimum Gasteiger partial charge on any atom is -0.480 e. The molecular formula is C49H87N9O17. The first-order valence-corrected chi connectivity index (χ1v) is 26.2. The second-order valence-corrected chi connectivity index (χ2v) is 17.5. The van der Waals surface area contributed by atoms with Gasteiger partial charge in [-0.2, -0.15) is 0 Å². The van der Waals surface area contributed by atoms with Gasteiger partial charge in [-0.25, -0.2) is 4.79 Å². The van der Waals surface area contributed by atoms with Crippen molar-refractivity contribution < 1.29 is 81.9 Å². The van der Waals surface area contributed by atoms with Crippen LogP contribution in [0.15, 0.2) is 0 Å². The molecule has 0 aromatic rings. The van der Waals surface area contributed by atoms with Gasteiger partial charge in [-0.15, -0.1) is 0 Å². The molecule has 0 fully saturated rings. The Labute approximate surface area is 440 Å². The first-order chi connectivity index (χ1) is 36.1. The minimum absolute atomic E-state index is 0.0405. The number of carboxylic acid groups (broad SMARTS) is 1. The maximum Gasteiger partial charge on any atom is 0.326 e. The van der Waals surface area contributed by atoms with E-state index in [0.29, 0.717) is 19.4 Å². The first kappa shape index (κ1) is 69.2. The number of carbonyl (C=O) groups excluding carboxylic acids is 10.